The quantitative estimate of drug-likeness (QED) is 0.401. The number of hydrogen-bond acceptors (Lipinski definition) is 4. The lowest BCUT2D eigenvalue weighted by molar-refractivity contribution is -0.139. The molecule has 0 spiro atoms. The molecule has 0 aliphatic rings. The molecule has 0 saturated heterocycles. The van der Waals surface area contributed by atoms with Crippen molar-refractivity contribution < 1.29 is 19.5 Å². The second-order valence-corrected chi connectivity index (χ2v) is 4.45. The Balaban J connectivity index is 2.20. The van der Waals surface area contributed by atoms with Crippen molar-refractivity contribution in [3.05, 3.63) is 42.5 Å². The van der Waals surface area contributed by atoms with Crippen LogP contribution in [0, 0.1) is 0 Å². The summed E-state index contributed by atoms with van der Waals surface area (Å²) in [6.45, 7) is 3.71. The molecule has 1 rings (SSSR count). The first-order valence-electron chi connectivity index (χ1n) is 6.74. The van der Waals surface area contributed by atoms with Crippen molar-refractivity contribution in [2.24, 2.45) is 0 Å². The lowest BCUT2D eigenvalue weighted by Gasteiger charge is -2.07. The van der Waals surface area contributed by atoms with Crippen molar-refractivity contribution >= 4 is 17.7 Å². The molecule has 7 heteroatoms. The Morgan fingerprint density at radius 2 is 1.68 bits per heavy atom. The molecule has 3 amide bonds. The van der Waals surface area contributed by atoms with Crippen LogP contribution in [0.1, 0.15) is 5.56 Å². The van der Waals surface area contributed by atoms with E-state index in [4.69, 9.17) is 5.11 Å². The molecule has 0 heterocycles. The van der Waals surface area contributed by atoms with Crippen LogP contribution >= 0.6 is 0 Å². The Bertz CT molecular complexity index is 540. The van der Waals surface area contributed by atoms with E-state index in [1.54, 1.807) is 24.3 Å². The van der Waals surface area contributed by atoms with Crippen molar-refractivity contribution in [1.82, 2.24) is 16.0 Å². The van der Waals surface area contributed by atoms with E-state index in [0.29, 0.717) is 13.0 Å². The molecule has 0 bridgehead atoms. The van der Waals surface area contributed by atoms with Gasteiger partial charge in [0, 0.05) is 13.1 Å². The Kier molecular flexibility index (Phi) is 7.18. The number of aromatic hydroxyl groups is 1. The van der Waals surface area contributed by atoms with Gasteiger partial charge >= 0.3 is 11.8 Å². The average Bonchev–Trinajstić information content (AvgIpc) is 2.52. The summed E-state index contributed by atoms with van der Waals surface area (Å²) in [7, 11) is 0. The van der Waals surface area contributed by atoms with Crippen LogP contribution in [0.5, 0.6) is 5.75 Å². The van der Waals surface area contributed by atoms with Crippen LogP contribution in [-0.4, -0.2) is 42.5 Å². The number of hydrogen-bond donors (Lipinski definition) is 4. The Morgan fingerprint density at radius 3 is 2.32 bits per heavy atom. The number of rotatable bonds is 7. The summed E-state index contributed by atoms with van der Waals surface area (Å²) in [5.74, 6) is -1.87. The van der Waals surface area contributed by atoms with E-state index in [-0.39, 0.29) is 24.7 Å². The number of carbonyl (C=O) groups excluding carboxylic acids is 3. The van der Waals surface area contributed by atoms with E-state index in [9.17, 15) is 14.4 Å². The van der Waals surface area contributed by atoms with Crippen molar-refractivity contribution in [3.8, 4) is 5.75 Å². The van der Waals surface area contributed by atoms with Crippen molar-refractivity contribution in [2.75, 3.05) is 19.6 Å². The van der Waals surface area contributed by atoms with E-state index in [1.807, 2.05) is 0 Å². The summed E-state index contributed by atoms with van der Waals surface area (Å²) in [6, 6.07) is 6.65. The third kappa shape index (κ3) is 6.56. The maximum absolute atomic E-state index is 11.5. The van der Waals surface area contributed by atoms with Gasteiger partial charge in [0.25, 0.3) is 0 Å². The van der Waals surface area contributed by atoms with Gasteiger partial charge in [-0.15, -0.1) is 6.58 Å². The first-order chi connectivity index (χ1) is 10.5. The number of nitrogens with one attached hydrogen (secondary N) is 3. The van der Waals surface area contributed by atoms with Gasteiger partial charge in [-0.25, -0.2) is 0 Å². The fraction of sp³-hybridized carbons (Fsp3) is 0.267. The fourth-order valence-corrected chi connectivity index (χ4v) is 1.56. The molecule has 0 aliphatic carbocycles. The van der Waals surface area contributed by atoms with E-state index in [1.165, 1.54) is 6.08 Å². The topological polar surface area (TPSA) is 108 Å². The van der Waals surface area contributed by atoms with Crippen molar-refractivity contribution in [3.63, 3.8) is 0 Å². The Labute approximate surface area is 128 Å². The molecule has 22 heavy (non-hydrogen) atoms. The van der Waals surface area contributed by atoms with Gasteiger partial charge in [-0.3, -0.25) is 14.4 Å². The second-order valence-electron chi connectivity index (χ2n) is 4.45. The molecule has 1 aromatic rings. The summed E-state index contributed by atoms with van der Waals surface area (Å²) in [5, 5.41) is 16.3. The highest BCUT2D eigenvalue weighted by atomic mass is 16.3. The summed E-state index contributed by atoms with van der Waals surface area (Å²) < 4.78 is 0. The minimum atomic E-state index is -0.865. The Hall–Kier alpha value is -2.83. The fourth-order valence-electron chi connectivity index (χ4n) is 1.56. The van der Waals surface area contributed by atoms with Crippen molar-refractivity contribution in [1.29, 1.82) is 0 Å². The summed E-state index contributed by atoms with van der Waals surface area (Å²) in [4.78, 5) is 34.1. The van der Waals surface area contributed by atoms with Crippen LogP contribution < -0.4 is 16.0 Å². The summed E-state index contributed by atoms with van der Waals surface area (Å²) >= 11 is 0. The smallest absolute Gasteiger partial charge is 0.309 e. The van der Waals surface area contributed by atoms with Gasteiger partial charge < -0.3 is 21.1 Å². The van der Waals surface area contributed by atoms with Gasteiger partial charge in [0.2, 0.25) is 5.91 Å². The maximum Gasteiger partial charge on any atom is 0.309 e. The predicted molar refractivity (Wildman–Crippen MR) is 81.0 cm³/mol. The molecule has 0 aliphatic heterocycles. The highest BCUT2D eigenvalue weighted by molar-refractivity contribution is 6.35. The molecule has 0 aromatic heterocycles. The molecule has 0 unspecified atom stereocenters. The van der Waals surface area contributed by atoms with Gasteiger partial charge in [-0.1, -0.05) is 18.2 Å². The highest BCUT2D eigenvalue weighted by Crippen LogP contribution is 2.09. The van der Waals surface area contributed by atoms with Crippen LogP contribution in [-0.2, 0) is 20.8 Å². The molecule has 7 nitrogen and oxygen atoms in total. The first kappa shape index (κ1) is 17.2. The van der Waals surface area contributed by atoms with Gasteiger partial charge in [0.05, 0.1) is 6.54 Å². The Morgan fingerprint density at radius 1 is 1.05 bits per heavy atom. The molecule has 0 atom stereocenters. The van der Waals surface area contributed by atoms with E-state index in [0.717, 1.165) is 5.56 Å². The first-order valence-corrected chi connectivity index (χ1v) is 6.74. The number of phenols is 1. The number of benzene rings is 1. The SMILES string of the molecule is C=CCNC(=O)C(=O)NCC(=O)NCCc1ccc(O)cc1. The third-order valence-electron chi connectivity index (χ3n) is 2.69. The largest absolute Gasteiger partial charge is 0.508 e. The zero-order chi connectivity index (χ0) is 16.4. The highest BCUT2D eigenvalue weighted by Gasteiger charge is 2.13. The zero-order valence-electron chi connectivity index (χ0n) is 12.1. The standard InChI is InChI=1S/C15H19N3O4/c1-2-8-17-14(21)15(22)18-10-13(20)16-9-7-11-3-5-12(19)6-4-11/h2-6,19H,1,7-10H2,(H,16,20)(H,17,21)(H,18,22). The predicted octanol–water partition coefficient (Wildman–Crippen LogP) is -0.531. The van der Waals surface area contributed by atoms with Gasteiger partial charge in [0.15, 0.2) is 0 Å². The minimum absolute atomic E-state index is 0.185. The summed E-state index contributed by atoms with van der Waals surface area (Å²) in [6.07, 6.45) is 2.04. The van der Waals surface area contributed by atoms with Gasteiger partial charge in [-0.2, -0.15) is 0 Å². The normalized spacial score (nSPS) is 9.64. The third-order valence-corrected chi connectivity index (χ3v) is 2.69. The van der Waals surface area contributed by atoms with Gasteiger partial charge in [-0.05, 0) is 24.1 Å². The van der Waals surface area contributed by atoms with Crippen LogP contribution in [0.15, 0.2) is 36.9 Å². The molecular weight excluding hydrogens is 286 g/mol. The van der Waals surface area contributed by atoms with Crippen LogP contribution in [0.3, 0.4) is 0 Å². The monoisotopic (exact) mass is 305 g/mol. The minimum Gasteiger partial charge on any atom is -0.508 e. The van der Waals surface area contributed by atoms with Crippen molar-refractivity contribution in [2.45, 2.75) is 6.42 Å². The van der Waals surface area contributed by atoms with Crippen LogP contribution in [0.25, 0.3) is 0 Å². The molecule has 0 radical (unpaired) electrons. The lowest BCUT2D eigenvalue weighted by atomic mass is 10.1. The van der Waals surface area contributed by atoms with E-state index in [2.05, 4.69) is 22.5 Å². The molecule has 4 N–H and O–H groups in total. The van der Waals surface area contributed by atoms with E-state index < -0.39 is 11.8 Å². The second kappa shape index (κ2) is 9.17. The van der Waals surface area contributed by atoms with Crippen LogP contribution in [0.4, 0.5) is 0 Å². The zero-order valence-corrected chi connectivity index (χ0v) is 12.1. The molecule has 0 fully saturated rings. The van der Waals surface area contributed by atoms with Crippen LogP contribution in [0.2, 0.25) is 0 Å². The van der Waals surface area contributed by atoms with Gasteiger partial charge in [0.1, 0.15) is 5.75 Å². The maximum atomic E-state index is 11.5. The molecule has 0 saturated carbocycles. The molecule has 1 aromatic carbocycles. The number of amides is 3. The van der Waals surface area contributed by atoms with E-state index >= 15 is 0 Å². The molecular formula is C15H19N3O4. The lowest BCUT2D eigenvalue weighted by Crippen LogP contribution is -2.44. The number of phenolic OH excluding ortho intramolecular Hbond substituents is 1. The number of carbonyl (C=O) groups is 3. The molecule has 118 valence electrons. The average molecular weight is 305 g/mol. The summed E-state index contributed by atoms with van der Waals surface area (Å²) in [5.41, 5.74) is 0.964.